The van der Waals surface area contributed by atoms with Crippen LogP contribution in [0.5, 0.6) is 0 Å². The van der Waals surface area contributed by atoms with Gasteiger partial charge in [0.25, 0.3) is 0 Å². The van der Waals surface area contributed by atoms with Gasteiger partial charge in [-0.05, 0) is 49.5 Å². The summed E-state index contributed by atoms with van der Waals surface area (Å²) in [6.07, 6.45) is 2.12. The Morgan fingerprint density at radius 1 is 1.42 bits per heavy atom. The summed E-state index contributed by atoms with van der Waals surface area (Å²) in [5, 5.41) is 0. The molecule has 0 saturated carbocycles. The molecule has 0 bridgehead atoms. The van der Waals surface area contributed by atoms with Crippen LogP contribution in [0.15, 0.2) is 24.3 Å². The number of rotatable bonds is 6. The maximum Gasteiger partial charge on any atom is 0.123 e. The molecule has 1 saturated heterocycles. The fraction of sp³-hybridized carbons (Fsp3) is 0.600. The molecule has 0 radical (unpaired) electrons. The van der Waals surface area contributed by atoms with Gasteiger partial charge in [-0.3, -0.25) is 0 Å². The van der Waals surface area contributed by atoms with Crippen molar-refractivity contribution in [2.75, 3.05) is 33.4 Å². The van der Waals surface area contributed by atoms with Crippen LogP contribution in [0.3, 0.4) is 0 Å². The van der Waals surface area contributed by atoms with E-state index in [1.165, 1.54) is 18.6 Å². The van der Waals surface area contributed by atoms with Gasteiger partial charge >= 0.3 is 0 Å². The summed E-state index contributed by atoms with van der Waals surface area (Å²) in [4.78, 5) is 2.44. The lowest BCUT2D eigenvalue weighted by molar-refractivity contribution is 0.153. The van der Waals surface area contributed by atoms with Crippen LogP contribution in [0.1, 0.15) is 24.4 Å². The minimum Gasteiger partial charge on any atom is -0.384 e. The third-order valence-corrected chi connectivity index (χ3v) is 3.83. The number of methoxy groups -OCH3 is 1. The summed E-state index contributed by atoms with van der Waals surface area (Å²) in [7, 11) is 1.76. The van der Waals surface area contributed by atoms with Gasteiger partial charge in [-0.25, -0.2) is 4.39 Å². The van der Waals surface area contributed by atoms with Gasteiger partial charge in [-0.1, -0.05) is 12.1 Å². The van der Waals surface area contributed by atoms with Crippen molar-refractivity contribution in [3.63, 3.8) is 0 Å². The van der Waals surface area contributed by atoms with Gasteiger partial charge in [0, 0.05) is 19.7 Å². The lowest BCUT2D eigenvalue weighted by Gasteiger charge is -2.19. The number of ether oxygens (including phenoxy) is 1. The van der Waals surface area contributed by atoms with Gasteiger partial charge in [-0.15, -0.1) is 0 Å². The summed E-state index contributed by atoms with van der Waals surface area (Å²) >= 11 is 0. The molecule has 2 rings (SSSR count). The first-order chi connectivity index (χ1) is 9.19. The van der Waals surface area contributed by atoms with E-state index in [1.54, 1.807) is 19.2 Å². The zero-order valence-corrected chi connectivity index (χ0v) is 11.5. The molecule has 0 spiro atoms. The maximum absolute atomic E-state index is 12.8. The zero-order valence-electron chi connectivity index (χ0n) is 11.5. The van der Waals surface area contributed by atoms with E-state index < -0.39 is 0 Å². The van der Waals surface area contributed by atoms with Crippen molar-refractivity contribution in [3.05, 3.63) is 35.6 Å². The lowest BCUT2D eigenvalue weighted by atomic mass is 10.0. The molecule has 2 N–H and O–H groups in total. The highest BCUT2D eigenvalue weighted by Gasteiger charge is 2.22. The Labute approximate surface area is 114 Å². The largest absolute Gasteiger partial charge is 0.384 e. The maximum atomic E-state index is 12.8. The van der Waals surface area contributed by atoms with Gasteiger partial charge in [0.2, 0.25) is 0 Å². The van der Waals surface area contributed by atoms with E-state index in [1.807, 2.05) is 0 Å². The molecule has 0 aliphatic carbocycles. The van der Waals surface area contributed by atoms with E-state index in [2.05, 4.69) is 4.90 Å². The van der Waals surface area contributed by atoms with Crippen molar-refractivity contribution in [1.29, 1.82) is 0 Å². The highest BCUT2D eigenvalue weighted by molar-refractivity contribution is 5.19. The van der Waals surface area contributed by atoms with Crippen molar-refractivity contribution in [2.45, 2.75) is 18.9 Å². The number of likely N-dealkylation sites (tertiary alicyclic amines) is 1. The van der Waals surface area contributed by atoms with Crippen LogP contribution in [0.25, 0.3) is 0 Å². The van der Waals surface area contributed by atoms with Crippen LogP contribution < -0.4 is 5.73 Å². The van der Waals surface area contributed by atoms with Gasteiger partial charge in [0.1, 0.15) is 5.82 Å². The molecule has 1 aliphatic rings. The van der Waals surface area contributed by atoms with Crippen LogP contribution in [-0.2, 0) is 4.74 Å². The summed E-state index contributed by atoms with van der Waals surface area (Å²) in [6.45, 7) is 4.08. The Kier molecular flexibility index (Phi) is 5.31. The SMILES string of the molecule is COCC1CCN(CCC(N)c2ccc(F)cc2)C1. The number of nitrogens with two attached hydrogens (primary N) is 1. The topological polar surface area (TPSA) is 38.5 Å². The molecule has 2 atom stereocenters. The van der Waals surface area contributed by atoms with Gasteiger partial charge in [0.05, 0.1) is 6.61 Å². The van der Waals surface area contributed by atoms with E-state index in [-0.39, 0.29) is 11.9 Å². The molecule has 0 amide bonds. The molecule has 1 aromatic rings. The van der Waals surface area contributed by atoms with Gasteiger partial charge < -0.3 is 15.4 Å². The second kappa shape index (κ2) is 6.98. The number of benzene rings is 1. The Hall–Kier alpha value is -0.970. The first-order valence-corrected chi connectivity index (χ1v) is 6.91. The van der Waals surface area contributed by atoms with Crippen molar-refractivity contribution < 1.29 is 9.13 Å². The van der Waals surface area contributed by atoms with Crippen LogP contribution in [0.4, 0.5) is 4.39 Å². The monoisotopic (exact) mass is 266 g/mol. The van der Waals surface area contributed by atoms with Crippen molar-refractivity contribution >= 4 is 0 Å². The fourth-order valence-electron chi connectivity index (χ4n) is 2.69. The second-order valence-corrected chi connectivity index (χ2v) is 5.36. The van der Waals surface area contributed by atoms with E-state index >= 15 is 0 Å². The molecule has 0 aromatic heterocycles. The minimum atomic E-state index is -0.210. The van der Waals surface area contributed by atoms with Crippen LogP contribution in [0, 0.1) is 11.7 Å². The van der Waals surface area contributed by atoms with E-state index in [9.17, 15) is 4.39 Å². The van der Waals surface area contributed by atoms with E-state index in [0.717, 1.165) is 38.2 Å². The molecule has 4 heteroatoms. The van der Waals surface area contributed by atoms with Crippen LogP contribution in [-0.4, -0.2) is 38.3 Å². The van der Waals surface area contributed by atoms with Gasteiger partial charge in [0.15, 0.2) is 0 Å². The highest BCUT2D eigenvalue weighted by atomic mass is 19.1. The molecule has 19 heavy (non-hydrogen) atoms. The van der Waals surface area contributed by atoms with Crippen molar-refractivity contribution in [3.8, 4) is 0 Å². The Balaban J connectivity index is 1.75. The first kappa shape index (κ1) is 14.4. The fourth-order valence-corrected chi connectivity index (χ4v) is 2.69. The molecule has 1 aliphatic heterocycles. The lowest BCUT2D eigenvalue weighted by Crippen LogP contribution is -2.26. The van der Waals surface area contributed by atoms with Crippen molar-refractivity contribution in [2.24, 2.45) is 11.7 Å². The predicted octanol–water partition coefficient (Wildman–Crippen LogP) is 2.18. The zero-order chi connectivity index (χ0) is 13.7. The number of hydrogen-bond acceptors (Lipinski definition) is 3. The van der Waals surface area contributed by atoms with Crippen molar-refractivity contribution in [1.82, 2.24) is 4.90 Å². The third-order valence-electron chi connectivity index (χ3n) is 3.83. The van der Waals surface area contributed by atoms with Crippen LogP contribution in [0.2, 0.25) is 0 Å². The first-order valence-electron chi connectivity index (χ1n) is 6.91. The summed E-state index contributed by atoms with van der Waals surface area (Å²) in [6, 6.07) is 6.48. The molecular formula is C15H23FN2O. The average molecular weight is 266 g/mol. The normalized spacial score (nSPS) is 21.7. The minimum absolute atomic E-state index is 0.0120. The summed E-state index contributed by atoms with van der Waals surface area (Å²) in [5.41, 5.74) is 7.15. The van der Waals surface area contributed by atoms with Crippen LogP contribution >= 0.6 is 0 Å². The molecule has 1 aromatic carbocycles. The summed E-state index contributed by atoms with van der Waals surface area (Å²) < 4.78 is 18.0. The molecule has 1 heterocycles. The number of hydrogen-bond donors (Lipinski definition) is 1. The molecule has 106 valence electrons. The molecule has 2 unspecified atom stereocenters. The van der Waals surface area contributed by atoms with Gasteiger partial charge in [-0.2, -0.15) is 0 Å². The standard InChI is InChI=1S/C15H23FN2O/c1-19-11-12-6-8-18(10-12)9-7-15(17)13-2-4-14(16)5-3-13/h2-5,12,15H,6-11,17H2,1H3. The predicted molar refractivity (Wildman–Crippen MR) is 74.4 cm³/mol. The molecule has 3 nitrogen and oxygen atoms in total. The quantitative estimate of drug-likeness (QED) is 0.857. The Morgan fingerprint density at radius 2 is 2.16 bits per heavy atom. The smallest absolute Gasteiger partial charge is 0.123 e. The summed E-state index contributed by atoms with van der Waals surface area (Å²) in [5.74, 6) is 0.449. The Bertz CT molecular complexity index is 382. The highest BCUT2D eigenvalue weighted by Crippen LogP contribution is 2.19. The average Bonchev–Trinajstić information content (AvgIpc) is 2.85. The van der Waals surface area contributed by atoms with E-state index in [4.69, 9.17) is 10.5 Å². The molecule has 1 fully saturated rings. The Morgan fingerprint density at radius 3 is 2.84 bits per heavy atom. The number of halogens is 1. The second-order valence-electron chi connectivity index (χ2n) is 5.36. The molecular weight excluding hydrogens is 243 g/mol. The third kappa shape index (κ3) is 4.27. The van der Waals surface area contributed by atoms with E-state index in [0.29, 0.717) is 5.92 Å². The number of nitrogens with zero attached hydrogens (tertiary/aromatic N) is 1.